The molecule has 0 spiro atoms. The van der Waals surface area contributed by atoms with Gasteiger partial charge in [-0.2, -0.15) is 0 Å². The third kappa shape index (κ3) is 11.0. The van der Waals surface area contributed by atoms with Crippen LogP contribution in [0.15, 0.2) is 146 Å². The molecule has 0 saturated heterocycles. The fourth-order valence-electron chi connectivity index (χ4n) is 12.9. The molecule has 6 aromatic carbocycles. The first-order valence-electron chi connectivity index (χ1n) is 30.1. The Morgan fingerprint density at radius 1 is 0.286 bits per heavy atom. The number of hydrogen-bond acceptors (Lipinski definition) is 2. The van der Waals surface area contributed by atoms with Gasteiger partial charge in [-0.1, -0.05) is 216 Å². The van der Waals surface area contributed by atoms with Crippen LogP contribution in [0.1, 0.15) is 184 Å². The fraction of sp³-hybridized carbons (Fsp3) is 0.275. The molecule has 2 aliphatic rings. The molecule has 0 aliphatic carbocycles. The number of aromatic amines is 2. The summed E-state index contributed by atoms with van der Waals surface area (Å²) in [6, 6.07) is 55.3. The quantitative estimate of drug-likeness (QED) is 0.174. The van der Waals surface area contributed by atoms with Crippen LogP contribution >= 0.6 is 0 Å². The second kappa shape index (κ2) is 21.4. The Hall–Kier alpha value is -8.34. The monoisotopic (exact) mass is 1100 g/mol. The average molecular weight is 1100 g/mol. The molecule has 84 heavy (non-hydrogen) atoms. The lowest BCUT2D eigenvalue weighted by Crippen LogP contribution is -2.16. The number of H-pyrrole nitrogens is 2. The first-order valence-corrected chi connectivity index (χ1v) is 30.1. The zero-order chi connectivity index (χ0) is 59.9. The number of fused-ring (bicyclic) bond motifs is 8. The standard InChI is InChI=1S/C80H84N4/c1-47-43-49(3)69(50(4)44-47)73-61-35-39-65(81-61)75(71(53-19-27-57(28-20-53)77(7,8)9)54-21-29-58(30-22-54)78(10,11)12)67-41-37-63(83-67)74(70-51(5)45-48(2)46-52(70)6)64-38-42-68(84-64)76(66-40-36-62(73)82-66)72(55-23-31-59(32-24-55)79(13,14)15)56-25-33-60(34-26-56)80(16,17)18/h19-46,81,84H,1-18H3. The van der Waals surface area contributed by atoms with E-state index in [1.165, 1.54) is 66.8 Å². The molecule has 2 N–H and O–H groups in total. The van der Waals surface area contributed by atoms with Crippen molar-refractivity contribution in [2.75, 3.05) is 0 Å². The lowest BCUT2D eigenvalue weighted by molar-refractivity contribution is 0.590. The molecule has 0 saturated carbocycles. The van der Waals surface area contributed by atoms with Gasteiger partial charge in [-0.15, -0.1) is 0 Å². The maximum atomic E-state index is 5.90. The lowest BCUT2D eigenvalue weighted by atomic mass is 9.84. The van der Waals surface area contributed by atoms with Crippen LogP contribution in [0.3, 0.4) is 0 Å². The van der Waals surface area contributed by atoms with E-state index in [1.807, 2.05) is 0 Å². The largest absolute Gasteiger partial charge is 0.354 e. The van der Waals surface area contributed by atoms with Gasteiger partial charge in [0.05, 0.1) is 22.8 Å². The first kappa shape index (κ1) is 57.5. The Balaban J connectivity index is 1.40. The van der Waals surface area contributed by atoms with E-state index in [-0.39, 0.29) is 21.7 Å². The molecule has 0 unspecified atom stereocenters. The van der Waals surface area contributed by atoms with Crippen molar-refractivity contribution in [3.8, 4) is 22.3 Å². The Morgan fingerprint density at radius 2 is 0.524 bits per heavy atom. The lowest BCUT2D eigenvalue weighted by Gasteiger charge is -2.21. The average Bonchev–Trinajstić information content (AvgIpc) is 4.39. The smallest absolute Gasteiger partial charge is 0.0737 e. The molecule has 9 aromatic rings. The summed E-state index contributed by atoms with van der Waals surface area (Å²) < 4.78 is 0. The normalized spacial score (nSPS) is 12.8. The van der Waals surface area contributed by atoms with E-state index < -0.39 is 0 Å². The van der Waals surface area contributed by atoms with E-state index in [0.717, 1.165) is 99.8 Å². The minimum atomic E-state index is -0.0183. The van der Waals surface area contributed by atoms with Crippen molar-refractivity contribution in [3.63, 3.8) is 0 Å². The topological polar surface area (TPSA) is 57.4 Å². The highest BCUT2D eigenvalue weighted by Crippen LogP contribution is 2.39. The van der Waals surface area contributed by atoms with E-state index >= 15 is 0 Å². The van der Waals surface area contributed by atoms with Crippen molar-refractivity contribution < 1.29 is 0 Å². The van der Waals surface area contributed by atoms with Crippen LogP contribution in [0.2, 0.25) is 0 Å². The van der Waals surface area contributed by atoms with Gasteiger partial charge in [0, 0.05) is 54.8 Å². The van der Waals surface area contributed by atoms with Gasteiger partial charge in [-0.3, -0.25) is 0 Å². The molecule has 11 rings (SSSR count). The number of hydrogen-bond donors (Lipinski definition) is 2. The number of aryl methyl sites for hydroxylation is 6. The molecule has 0 atom stereocenters. The van der Waals surface area contributed by atoms with Gasteiger partial charge in [0.15, 0.2) is 0 Å². The van der Waals surface area contributed by atoms with Gasteiger partial charge in [-0.25, -0.2) is 9.97 Å². The Labute approximate surface area is 500 Å². The van der Waals surface area contributed by atoms with Crippen LogP contribution in [0.25, 0.3) is 79.8 Å². The predicted molar refractivity (Wildman–Crippen MR) is 361 cm³/mol. The van der Waals surface area contributed by atoms with E-state index in [0.29, 0.717) is 0 Å². The molecule has 4 nitrogen and oxygen atoms in total. The van der Waals surface area contributed by atoms with Gasteiger partial charge >= 0.3 is 0 Å². The highest BCUT2D eigenvalue weighted by Gasteiger charge is 2.25. The van der Waals surface area contributed by atoms with Gasteiger partial charge in [-0.05, 0) is 190 Å². The van der Waals surface area contributed by atoms with Gasteiger partial charge in [0.25, 0.3) is 0 Å². The zero-order valence-electron chi connectivity index (χ0n) is 53.1. The zero-order valence-corrected chi connectivity index (χ0v) is 53.1. The number of benzene rings is 6. The summed E-state index contributed by atoms with van der Waals surface area (Å²) >= 11 is 0. The second-order valence-electron chi connectivity index (χ2n) is 28.1. The number of rotatable bonds is 6. The fourth-order valence-corrected chi connectivity index (χ4v) is 12.9. The number of nitrogens with zero attached hydrogens (tertiary/aromatic N) is 2. The Morgan fingerprint density at radius 3 is 0.774 bits per heavy atom. The summed E-state index contributed by atoms with van der Waals surface area (Å²) in [6.45, 7) is 40.8. The molecule has 424 valence electrons. The second-order valence-corrected chi connectivity index (χ2v) is 28.1. The van der Waals surface area contributed by atoms with Crippen molar-refractivity contribution in [1.82, 2.24) is 19.9 Å². The van der Waals surface area contributed by atoms with Crippen molar-refractivity contribution in [2.45, 2.75) is 146 Å². The molecule has 2 aliphatic heterocycles. The Kier molecular flexibility index (Phi) is 14.6. The molecule has 0 amide bonds. The number of aromatic nitrogens is 4. The highest BCUT2D eigenvalue weighted by molar-refractivity contribution is 5.98. The summed E-state index contributed by atoms with van der Waals surface area (Å²) in [5.74, 6) is 0. The van der Waals surface area contributed by atoms with Crippen molar-refractivity contribution in [2.24, 2.45) is 0 Å². The summed E-state index contributed by atoms with van der Waals surface area (Å²) in [4.78, 5) is 20.1. The minimum Gasteiger partial charge on any atom is -0.354 e. The summed E-state index contributed by atoms with van der Waals surface area (Å²) in [6.07, 6.45) is 8.97. The molecule has 0 fully saturated rings. The van der Waals surface area contributed by atoms with E-state index in [9.17, 15) is 0 Å². The summed E-state index contributed by atoms with van der Waals surface area (Å²) in [7, 11) is 0. The van der Waals surface area contributed by atoms with E-state index in [4.69, 9.17) is 9.97 Å². The third-order valence-corrected chi connectivity index (χ3v) is 17.3. The van der Waals surface area contributed by atoms with E-state index in [1.54, 1.807) is 0 Å². The highest BCUT2D eigenvalue weighted by atomic mass is 14.8. The molecular formula is C80H84N4. The van der Waals surface area contributed by atoms with Crippen LogP contribution in [-0.4, -0.2) is 19.9 Å². The molecule has 0 radical (unpaired) electrons. The van der Waals surface area contributed by atoms with Gasteiger partial charge in [0.1, 0.15) is 0 Å². The molecular weight excluding hydrogens is 1020 g/mol. The van der Waals surface area contributed by atoms with Crippen LogP contribution in [-0.2, 0) is 21.7 Å². The van der Waals surface area contributed by atoms with Crippen LogP contribution in [0, 0.1) is 41.5 Å². The maximum absolute atomic E-state index is 5.90. The predicted octanol–water partition coefficient (Wildman–Crippen LogP) is 19.5. The third-order valence-electron chi connectivity index (χ3n) is 17.3. The van der Waals surface area contributed by atoms with E-state index in [2.05, 4.69) is 304 Å². The van der Waals surface area contributed by atoms with Crippen molar-refractivity contribution in [1.29, 1.82) is 0 Å². The SMILES string of the molecule is Cc1cc(C)c(-c2c3nc(c(=C(c4ccc(C(C)(C)C)cc4)c4ccc(C(C)(C)C)cc4)c4ccc([nH]4)c(-c4c(C)cc(C)cc4C)c4nc(c(=C(c5ccc(C(C)(C)C)cc5)c5ccc(C(C)(C)C)cc5)c5ccc2[nH]5)C=C4)C=C3)c(C)c1. The molecule has 5 heterocycles. The summed E-state index contributed by atoms with van der Waals surface area (Å²) in [5.41, 5.74) is 30.9. The molecule has 3 aromatic heterocycles. The van der Waals surface area contributed by atoms with Crippen molar-refractivity contribution in [3.05, 3.63) is 257 Å². The summed E-state index contributed by atoms with van der Waals surface area (Å²) in [5, 5.41) is 2.04. The van der Waals surface area contributed by atoms with Crippen molar-refractivity contribution >= 4 is 57.5 Å². The molecule has 8 bridgehead atoms. The first-order chi connectivity index (χ1) is 39.6. The maximum Gasteiger partial charge on any atom is 0.0737 e. The van der Waals surface area contributed by atoms with Crippen LogP contribution in [0.4, 0.5) is 0 Å². The Bertz CT molecular complexity index is 3990. The van der Waals surface area contributed by atoms with Crippen LogP contribution in [0.5, 0.6) is 0 Å². The van der Waals surface area contributed by atoms with Gasteiger partial charge in [0.2, 0.25) is 0 Å². The molecule has 4 heteroatoms. The van der Waals surface area contributed by atoms with Crippen LogP contribution < -0.4 is 10.4 Å². The van der Waals surface area contributed by atoms with Gasteiger partial charge < -0.3 is 9.97 Å². The number of nitrogens with one attached hydrogen (secondary N) is 2. The minimum absolute atomic E-state index is 0.0183.